The summed E-state index contributed by atoms with van der Waals surface area (Å²) < 4.78 is 5.01. The number of rotatable bonds is 8. The summed E-state index contributed by atoms with van der Waals surface area (Å²) in [5.74, 6) is -0.105. The third-order valence-corrected chi connectivity index (χ3v) is 3.56. The Labute approximate surface area is 153 Å². The third-order valence-electron chi connectivity index (χ3n) is 3.56. The number of aromatic nitrogens is 1. The third kappa shape index (κ3) is 5.56. The van der Waals surface area contributed by atoms with Gasteiger partial charge in [0.2, 0.25) is 0 Å². The van der Waals surface area contributed by atoms with E-state index in [2.05, 4.69) is 20.5 Å². The lowest BCUT2D eigenvalue weighted by atomic mass is 10.1. The molecule has 0 saturated carbocycles. The lowest BCUT2D eigenvalue weighted by Gasteiger charge is -2.12. The van der Waals surface area contributed by atoms with Gasteiger partial charge >= 0.3 is 5.97 Å². The Morgan fingerprint density at radius 3 is 2.58 bits per heavy atom. The molecule has 0 aliphatic carbocycles. The van der Waals surface area contributed by atoms with Crippen LogP contribution in [0.15, 0.2) is 42.6 Å². The van der Waals surface area contributed by atoms with Crippen molar-refractivity contribution in [3.05, 3.63) is 53.7 Å². The molecule has 1 amide bonds. The number of pyridine rings is 1. The molecule has 1 aromatic heterocycles. The summed E-state index contributed by atoms with van der Waals surface area (Å²) in [6, 6.07) is 10.2. The summed E-state index contributed by atoms with van der Waals surface area (Å²) in [5, 5.41) is 5.92. The Kier molecular flexibility index (Phi) is 7.11. The van der Waals surface area contributed by atoms with E-state index in [0.717, 1.165) is 13.1 Å². The molecular formula is C19H24N4O3. The number of nitrogens with one attached hydrogen (secondary N) is 2. The van der Waals surface area contributed by atoms with E-state index in [0.29, 0.717) is 22.6 Å². The number of anilines is 2. The molecule has 7 heteroatoms. The predicted octanol–water partition coefficient (Wildman–Crippen LogP) is 2.48. The number of esters is 1. The standard InChI is InChI=1S/C19H24N4O3/c1-4-26-19(25)15-7-5-6-8-16(15)22-18(24)14-9-10-17(21-13-14)20-11-12-23(2)3/h5-10,13H,4,11-12H2,1-3H3,(H,20,21)(H,22,24). The molecule has 7 nitrogen and oxygen atoms in total. The average Bonchev–Trinajstić information content (AvgIpc) is 2.62. The van der Waals surface area contributed by atoms with Gasteiger partial charge in [0, 0.05) is 19.3 Å². The molecular weight excluding hydrogens is 332 g/mol. The second kappa shape index (κ2) is 9.53. The first-order valence-electron chi connectivity index (χ1n) is 8.43. The molecule has 26 heavy (non-hydrogen) atoms. The Morgan fingerprint density at radius 1 is 1.15 bits per heavy atom. The first-order valence-corrected chi connectivity index (χ1v) is 8.43. The quantitative estimate of drug-likeness (QED) is 0.707. The van der Waals surface area contributed by atoms with Crippen LogP contribution in [0.3, 0.4) is 0 Å². The summed E-state index contributed by atoms with van der Waals surface area (Å²) in [4.78, 5) is 30.7. The molecule has 0 aliphatic rings. The highest BCUT2D eigenvalue weighted by Gasteiger charge is 2.15. The summed E-state index contributed by atoms with van der Waals surface area (Å²) >= 11 is 0. The van der Waals surface area contributed by atoms with Crippen LogP contribution in [-0.4, -0.2) is 55.6 Å². The van der Waals surface area contributed by atoms with Gasteiger partial charge in [-0.1, -0.05) is 12.1 Å². The molecule has 0 bridgehead atoms. The van der Waals surface area contributed by atoms with Crippen LogP contribution in [0, 0.1) is 0 Å². The molecule has 0 atom stereocenters. The Bertz CT molecular complexity index is 745. The van der Waals surface area contributed by atoms with Crippen molar-refractivity contribution < 1.29 is 14.3 Å². The van der Waals surface area contributed by atoms with Crippen molar-refractivity contribution in [1.82, 2.24) is 9.88 Å². The topological polar surface area (TPSA) is 83.6 Å². The van der Waals surface area contributed by atoms with Gasteiger partial charge in [-0.05, 0) is 45.3 Å². The zero-order valence-electron chi connectivity index (χ0n) is 15.3. The minimum Gasteiger partial charge on any atom is -0.462 e. The molecule has 0 spiro atoms. The molecule has 0 fully saturated rings. The molecule has 0 radical (unpaired) electrons. The highest BCUT2D eigenvalue weighted by atomic mass is 16.5. The van der Waals surface area contributed by atoms with Crippen molar-refractivity contribution in [2.24, 2.45) is 0 Å². The largest absolute Gasteiger partial charge is 0.462 e. The van der Waals surface area contributed by atoms with Crippen molar-refractivity contribution >= 4 is 23.4 Å². The van der Waals surface area contributed by atoms with Crippen molar-refractivity contribution in [1.29, 1.82) is 0 Å². The van der Waals surface area contributed by atoms with E-state index in [4.69, 9.17) is 4.74 Å². The van der Waals surface area contributed by atoms with E-state index in [1.54, 1.807) is 43.3 Å². The number of ether oxygens (including phenoxy) is 1. The highest BCUT2D eigenvalue weighted by molar-refractivity contribution is 6.07. The zero-order valence-corrected chi connectivity index (χ0v) is 15.3. The van der Waals surface area contributed by atoms with Gasteiger partial charge in [0.1, 0.15) is 5.82 Å². The zero-order chi connectivity index (χ0) is 18.9. The normalized spacial score (nSPS) is 10.5. The van der Waals surface area contributed by atoms with Crippen LogP contribution in [0.5, 0.6) is 0 Å². The van der Waals surface area contributed by atoms with Gasteiger partial charge in [-0.2, -0.15) is 0 Å². The van der Waals surface area contributed by atoms with Gasteiger partial charge in [0.05, 0.1) is 23.4 Å². The van der Waals surface area contributed by atoms with Gasteiger partial charge in [0.25, 0.3) is 5.91 Å². The Balaban J connectivity index is 2.03. The smallest absolute Gasteiger partial charge is 0.340 e. The number of likely N-dealkylation sites (N-methyl/N-ethyl adjacent to an activating group) is 1. The SMILES string of the molecule is CCOC(=O)c1ccccc1NC(=O)c1ccc(NCCN(C)C)nc1. The molecule has 2 N–H and O–H groups in total. The van der Waals surface area contributed by atoms with Crippen LogP contribution in [0.25, 0.3) is 0 Å². The average molecular weight is 356 g/mol. The van der Waals surface area contributed by atoms with Crippen LogP contribution in [0.2, 0.25) is 0 Å². The second-order valence-corrected chi connectivity index (χ2v) is 5.88. The highest BCUT2D eigenvalue weighted by Crippen LogP contribution is 2.17. The number of amides is 1. The maximum atomic E-state index is 12.4. The van der Waals surface area contributed by atoms with Gasteiger partial charge in [-0.25, -0.2) is 9.78 Å². The van der Waals surface area contributed by atoms with Crippen LogP contribution >= 0.6 is 0 Å². The minimum absolute atomic E-state index is 0.271. The number of hydrogen-bond donors (Lipinski definition) is 2. The molecule has 1 heterocycles. The molecule has 2 aromatic rings. The predicted molar refractivity (Wildman–Crippen MR) is 102 cm³/mol. The number of hydrogen-bond acceptors (Lipinski definition) is 6. The molecule has 0 unspecified atom stereocenters. The van der Waals surface area contributed by atoms with Gasteiger partial charge in [-0.3, -0.25) is 4.79 Å². The Hall–Kier alpha value is -2.93. The minimum atomic E-state index is -0.470. The van der Waals surface area contributed by atoms with Crippen LogP contribution < -0.4 is 10.6 Å². The van der Waals surface area contributed by atoms with E-state index < -0.39 is 5.97 Å². The molecule has 0 aliphatic heterocycles. The first kappa shape index (κ1) is 19.4. The summed E-state index contributed by atoms with van der Waals surface area (Å²) in [7, 11) is 3.99. The molecule has 138 valence electrons. The van der Waals surface area contributed by atoms with Crippen molar-refractivity contribution in [3.8, 4) is 0 Å². The number of nitrogens with zero attached hydrogens (tertiary/aromatic N) is 2. The monoisotopic (exact) mass is 356 g/mol. The van der Waals surface area contributed by atoms with E-state index in [1.165, 1.54) is 6.20 Å². The van der Waals surface area contributed by atoms with Crippen molar-refractivity contribution in [2.75, 3.05) is 44.4 Å². The van der Waals surface area contributed by atoms with Crippen molar-refractivity contribution in [3.63, 3.8) is 0 Å². The number of para-hydroxylation sites is 1. The first-order chi connectivity index (χ1) is 12.5. The number of carbonyl (C=O) groups excluding carboxylic acids is 2. The lowest BCUT2D eigenvalue weighted by Crippen LogP contribution is -2.21. The Morgan fingerprint density at radius 2 is 1.92 bits per heavy atom. The molecule has 0 saturated heterocycles. The van der Waals surface area contributed by atoms with Gasteiger partial charge in [0.15, 0.2) is 0 Å². The summed E-state index contributed by atoms with van der Waals surface area (Å²) in [6.07, 6.45) is 1.50. The van der Waals surface area contributed by atoms with Gasteiger partial charge in [-0.15, -0.1) is 0 Å². The maximum Gasteiger partial charge on any atom is 0.340 e. The fraction of sp³-hybridized carbons (Fsp3) is 0.316. The van der Waals surface area contributed by atoms with Crippen LogP contribution in [0.1, 0.15) is 27.6 Å². The van der Waals surface area contributed by atoms with Gasteiger partial charge < -0.3 is 20.3 Å². The van der Waals surface area contributed by atoms with E-state index in [1.807, 2.05) is 14.1 Å². The fourth-order valence-corrected chi connectivity index (χ4v) is 2.21. The van der Waals surface area contributed by atoms with E-state index in [9.17, 15) is 9.59 Å². The molecule has 1 aromatic carbocycles. The molecule has 2 rings (SSSR count). The number of carbonyl (C=O) groups is 2. The van der Waals surface area contributed by atoms with Crippen molar-refractivity contribution in [2.45, 2.75) is 6.92 Å². The fourth-order valence-electron chi connectivity index (χ4n) is 2.21. The van der Waals surface area contributed by atoms with Crippen LogP contribution in [-0.2, 0) is 4.74 Å². The number of benzene rings is 1. The van der Waals surface area contributed by atoms with Crippen LogP contribution in [0.4, 0.5) is 11.5 Å². The maximum absolute atomic E-state index is 12.4. The van der Waals surface area contributed by atoms with E-state index >= 15 is 0 Å². The van der Waals surface area contributed by atoms with E-state index in [-0.39, 0.29) is 12.5 Å². The summed E-state index contributed by atoms with van der Waals surface area (Å²) in [6.45, 7) is 3.65. The second-order valence-electron chi connectivity index (χ2n) is 5.88. The lowest BCUT2D eigenvalue weighted by molar-refractivity contribution is 0.0527. The summed E-state index contributed by atoms with van der Waals surface area (Å²) in [5.41, 5.74) is 1.13.